The first-order chi connectivity index (χ1) is 9.38. The van der Waals surface area contributed by atoms with E-state index in [0.717, 1.165) is 0 Å². The average molecular weight is 277 g/mol. The van der Waals surface area contributed by atoms with Gasteiger partial charge in [-0.05, 0) is 13.8 Å². The van der Waals surface area contributed by atoms with Gasteiger partial charge in [-0.2, -0.15) is 0 Å². The van der Waals surface area contributed by atoms with Crippen LogP contribution < -0.4 is 19.5 Å². The van der Waals surface area contributed by atoms with Crippen LogP contribution in [0.1, 0.15) is 24.2 Å². The minimum atomic E-state index is -0.755. The van der Waals surface area contributed by atoms with E-state index in [4.69, 9.17) is 20.6 Å². The number of hydrogen-bond donors (Lipinski definition) is 1. The van der Waals surface area contributed by atoms with Gasteiger partial charge in [0.25, 0.3) is 5.91 Å². The molecular weight excluding hydrogens is 258 g/mol. The molecule has 0 fully saturated rings. The third-order valence-electron chi connectivity index (χ3n) is 2.74. The summed E-state index contributed by atoms with van der Waals surface area (Å²) in [5.41, 5.74) is -0.427. The van der Waals surface area contributed by atoms with E-state index in [1.807, 2.05) is 0 Å². The summed E-state index contributed by atoms with van der Waals surface area (Å²) in [6.07, 6.45) is 5.36. The summed E-state index contributed by atoms with van der Waals surface area (Å²) in [6, 6.07) is 3.15. The van der Waals surface area contributed by atoms with E-state index >= 15 is 0 Å². The summed E-state index contributed by atoms with van der Waals surface area (Å²) in [5.74, 6) is 3.47. The fraction of sp³-hybridized carbons (Fsp3) is 0.400. The second-order valence-corrected chi connectivity index (χ2v) is 4.63. The van der Waals surface area contributed by atoms with Gasteiger partial charge in [0.15, 0.2) is 11.5 Å². The van der Waals surface area contributed by atoms with E-state index in [2.05, 4.69) is 11.2 Å². The van der Waals surface area contributed by atoms with Gasteiger partial charge in [0.2, 0.25) is 0 Å². The molecule has 0 heterocycles. The molecule has 1 aromatic rings. The molecule has 0 saturated carbocycles. The van der Waals surface area contributed by atoms with E-state index < -0.39 is 5.54 Å². The minimum Gasteiger partial charge on any atom is -0.496 e. The molecular formula is C15H19NO4. The lowest BCUT2D eigenvalue weighted by Crippen LogP contribution is -2.42. The Balaban J connectivity index is 3.23. The molecule has 0 atom stereocenters. The van der Waals surface area contributed by atoms with Gasteiger partial charge in [0, 0.05) is 12.1 Å². The molecule has 0 spiro atoms. The highest BCUT2D eigenvalue weighted by Gasteiger charge is 2.22. The standard InChI is InChI=1S/C15H19NO4/c1-7-15(2,3)16-14(17)10-8-12(19-5)13(20-6)9-11(10)18-4/h1,8-9H,2-6H3,(H,16,17). The van der Waals surface area contributed by atoms with Gasteiger partial charge in [0.05, 0.1) is 32.4 Å². The Bertz CT molecular complexity index is 544. The van der Waals surface area contributed by atoms with Crippen LogP contribution in [0.2, 0.25) is 0 Å². The number of hydrogen-bond acceptors (Lipinski definition) is 4. The van der Waals surface area contributed by atoms with Crippen molar-refractivity contribution in [3.05, 3.63) is 17.7 Å². The molecule has 108 valence electrons. The molecule has 0 aliphatic rings. The van der Waals surface area contributed by atoms with Gasteiger partial charge < -0.3 is 19.5 Å². The predicted octanol–water partition coefficient (Wildman–Crippen LogP) is 1.85. The van der Waals surface area contributed by atoms with Crippen LogP contribution in [-0.4, -0.2) is 32.8 Å². The summed E-state index contributed by atoms with van der Waals surface area (Å²) < 4.78 is 15.6. The van der Waals surface area contributed by atoms with Crippen LogP contribution >= 0.6 is 0 Å². The highest BCUT2D eigenvalue weighted by Crippen LogP contribution is 2.34. The molecule has 1 aromatic carbocycles. The first-order valence-electron chi connectivity index (χ1n) is 5.98. The summed E-state index contributed by atoms with van der Waals surface area (Å²) >= 11 is 0. The lowest BCUT2D eigenvalue weighted by Gasteiger charge is -2.21. The van der Waals surface area contributed by atoms with Gasteiger partial charge in [-0.1, -0.05) is 5.92 Å². The second kappa shape index (κ2) is 6.20. The van der Waals surface area contributed by atoms with Crippen molar-refractivity contribution in [3.63, 3.8) is 0 Å². The van der Waals surface area contributed by atoms with Crippen LogP contribution in [0.3, 0.4) is 0 Å². The second-order valence-electron chi connectivity index (χ2n) is 4.63. The molecule has 0 saturated heterocycles. The molecule has 0 aromatic heterocycles. The number of carbonyl (C=O) groups is 1. The van der Waals surface area contributed by atoms with Crippen molar-refractivity contribution in [2.24, 2.45) is 0 Å². The molecule has 1 N–H and O–H groups in total. The summed E-state index contributed by atoms with van der Waals surface area (Å²) in [4.78, 5) is 12.3. The van der Waals surface area contributed by atoms with Crippen LogP contribution in [0, 0.1) is 12.3 Å². The Labute approximate surface area is 119 Å². The number of nitrogens with one attached hydrogen (secondary N) is 1. The third kappa shape index (κ3) is 3.35. The van der Waals surface area contributed by atoms with Crippen molar-refractivity contribution in [1.82, 2.24) is 5.32 Å². The molecule has 1 amide bonds. The number of benzene rings is 1. The summed E-state index contributed by atoms with van der Waals surface area (Å²) in [7, 11) is 4.49. The number of amides is 1. The summed E-state index contributed by atoms with van der Waals surface area (Å²) in [5, 5.41) is 2.73. The maximum Gasteiger partial charge on any atom is 0.256 e. The first-order valence-corrected chi connectivity index (χ1v) is 5.98. The maximum atomic E-state index is 12.3. The van der Waals surface area contributed by atoms with Crippen LogP contribution in [0.4, 0.5) is 0 Å². The zero-order valence-corrected chi connectivity index (χ0v) is 12.4. The molecule has 0 bridgehead atoms. The zero-order valence-electron chi connectivity index (χ0n) is 12.4. The highest BCUT2D eigenvalue weighted by molar-refractivity contribution is 5.98. The lowest BCUT2D eigenvalue weighted by molar-refractivity contribution is 0.0926. The van der Waals surface area contributed by atoms with E-state index in [-0.39, 0.29) is 5.91 Å². The fourth-order valence-electron chi connectivity index (χ4n) is 1.59. The topological polar surface area (TPSA) is 56.8 Å². The predicted molar refractivity (Wildman–Crippen MR) is 76.5 cm³/mol. The normalized spacial score (nSPS) is 10.4. The van der Waals surface area contributed by atoms with E-state index in [0.29, 0.717) is 22.8 Å². The number of methoxy groups -OCH3 is 3. The van der Waals surface area contributed by atoms with Gasteiger partial charge >= 0.3 is 0 Å². The van der Waals surface area contributed by atoms with Crippen molar-refractivity contribution in [1.29, 1.82) is 0 Å². The van der Waals surface area contributed by atoms with Crippen LogP contribution in [0.15, 0.2) is 12.1 Å². The van der Waals surface area contributed by atoms with E-state index in [9.17, 15) is 4.79 Å². The molecule has 0 aliphatic carbocycles. The van der Waals surface area contributed by atoms with Crippen LogP contribution in [0.5, 0.6) is 17.2 Å². The van der Waals surface area contributed by atoms with Gasteiger partial charge in [-0.15, -0.1) is 6.42 Å². The first kappa shape index (κ1) is 15.7. The van der Waals surface area contributed by atoms with Crippen LogP contribution in [0.25, 0.3) is 0 Å². The van der Waals surface area contributed by atoms with Crippen molar-refractivity contribution in [2.45, 2.75) is 19.4 Å². The Hall–Kier alpha value is -2.35. The fourth-order valence-corrected chi connectivity index (χ4v) is 1.59. The average Bonchev–Trinajstić information content (AvgIpc) is 2.45. The van der Waals surface area contributed by atoms with Gasteiger partial charge in [-0.3, -0.25) is 4.79 Å². The molecule has 5 heteroatoms. The SMILES string of the molecule is C#CC(C)(C)NC(=O)c1cc(OC)c(OC)cc1OC. The van der Waals surface area contributed by atoms with E-state index in [1.165, 1.54) is 21.3 Å². The number of carbonyl (C=O) groups excluding carboxylic acids is 1. The number of ether oxygens (including phenoxy) is 3. The zero-order chi connectivity index (χ0) is 15.3. The van der Waals surface area contributed by atoms with Crippen molar-refractivity contribution in [3.8, 4) is 29.6 Å². The Kier molecular flexibility index (Phi) is 4.87. The van der Waals surface area contributed by atoms with Crippen molar-refractivity contribution >= 4 is 5.91 Å². The molecule has 0 unspecified atom stereocenters. The molecule has 5 nitrogen and oxygen atoms in total. The van der Waals surface area contributed by atoms with E-state index in [1.54, 1.807) is 26.0 Å². The molecule has 0 aliphatic heterocycles. The van der Waals surface area contributed by atoms with Gasteiger partial charge in [0.1, 0.15) is 5.75 Å². The Morgan fingerprint density at radius 1 is 1.10 bits per heavy atom. The lowest BCUT2D eigenvalue weighted by atomic mass is 10.1. The smallest absolute Gasteiger partial charge is 0.256 e. The monoisotopic (exact) mass is 277 g/mol. The molecule has 20 heavy (non-hydrogen) atoms. The maximum absolute atomic E-state index is 12.3. The quantitative estimate of drug-likeness (QED) is 0.835. The largest absolute Gasteiger partial charge is 0.496 e. The minimum absolute atomic E-state index is 0.327. The molecule has 0 radical (unpaired) electrons. The van der Waals surface area contributed by atoms with Crippen molar-refractivity contribution < 1.29 is 19.0 Å². The summed E-state index contributed by atoms with van der Waals surface area (Å²) in [6.45, 7) is 3.47. The molecule has 1 rings (SSSR count). The number of rotatable bonds is 5. The third-order valence-corrected chi connectivity index (χ3v) is 2.74. The Morgan fingerprint density at radius 2 is 1.60 bits per heavy atom. The van der Waals surface area contributed by atoms with Gasteiger partial charge in [-0.25, -0.2) is 0 Å². The highest BCUT2D eigenvalue weighted by atomic mass is 16.5. The Morgan fingerprint density at radius 3 is 2.05 bits per heavy atom. The van der Waals surface area contributed by atoms with Crippen molar-refractivity contribution in [2.75, 3.05) is 21.3 Å². The number of terminal acetylenes is 1. The van der Waals surface area contributed by atoms with Crippen LogP contribution in [-0.2, 0) is 0 Å².